The van der Waals surface area contributed by atoms with E-state index >= 15 is 0 Å². The minimum atomic E-state index is -0.274. The smallest absolute Gasteiger partial charge is 0.303 e. The second-order valence-corrected chi connectivity index (χ2v) is 6.92. The Bertz CT molecular complexity index is 514. The molecule has 22 heavy (non-hydrogen) atoms. The molecule has 0 aliphatic carbocycles. The van der Waals surface area contributed by atoms with E-state index in [2.05, 4.69) is 34.5 Å². The van der Waals surface area contributed by atoms with Crippen LogP contribution in [0.3, 0.4) is 0 Å². The van der Waals surface area contributed by atoms with Crippen molar-refractivity contribution in [3.05, 3.63) is 35.4 Å². The normalized spacial score (nSPS) is 22.1. The Labute approximate surface area is 132 Å². The summed E-state index contributed by atoms with van der Waals surface area (Å²) in [5.74, 6) is 0.533. The van der Waals surface area contributed by atoms with Gasteiger partial charge in [0.2, 0.25) is 0 Å². The van der Waals surface area contributed by atoms with E-state index in [-0.39, 0.29) is 11.6 Å². The third-order valence-electron chi connectivity index (χ3n) is 4.94. The van der Waals surface area contributed by atoms with Gasteiger partial charge in [0.25, 0.3) is 0 Å². The average Bonchev–Trinajstić information content (AvgIpc) is 2.41. The summed E-state index contributed by atoms with van der Waals surface area (Å²) in [5.41, 5.74) is 2.54. The standard InChI is InChI=1S/C18H26N2O2/c1-14(21)22-18(2)7-9-20(10-8-18)13-15-3-5-16(6-4-15)17-11-19-12-17/h3-6,17,19H,7-13H2,1-2H3. The highest BCUT2D eigenvalue weighted by atomic mass is 16.6. The number of rotatable bonds is 4. The predicted molar refractivity (Wildman–Crippen MR) is 86.7 cm³/mol. The van der Waals surface area contributed by atoms with E-state index < -0.39 is 0 Å². The number of carbonyl (C=O) groups is 1. The number of hydrogen-bond donors (Lipinski definition) is 1. The quantitative estimate of drug-likeness (QED) is 0.867. The van der Waals surface area contributed by atoms with Crippen LogP contribution in [0.15, 0.2) is 24.3 Å². The van der Waals surface area contributed by atoms with Crippen molar-refractivity contribution in [2.24, 2.45) is 0 Å². The van der Waals surface area contributed by atoms with E-state index in [1.54, 1.807) is 0 Å². The van der Waals surface area contributed by atoms with Crippen molar-refractivity contribution in [1.82, 2.24) is 10.2 Å². The Balaban J connectivity index is 1.51. The molecule has 2 saturated heterocycles. The lowest BCUT2D eigenvalue weighted by Crippen LogP contribution is -2.44. The van der Waals surface area contributed by atoms with Crippen molar-refractivity contribution >= 4 is 5.97 Å². The lowest BCUT2D eigenvalue weighted by atomic mass is 9.92. The highest BCUT2D eigenvalue weighted by molar-refractivity contribution is 5.66. The molecule has 3 rings (SSSR count). The fourth-order valence-corrected chi connectivity index (χ4v) is 3.31. The van der Waals surface area contributed by atoms with Crippen molar-refractivity contribution in [3.63, 3.8) is 0 Å². The number of nitrogens with one attached hydrogen (secondary N) is 1. The molecule has 1 N–H and O–H groups in total. The van der Waals surface area contributed by atoms with Crippen LogP contribution in [0.4, 0.5) is 0 Å². The molecule has 0 bridgehead atoms. The number of hydrogen-bond acceptors (Lipinski definition) is 4. The number of carbonyl (C=O) groups excluding carboxylic acids is 1. The first kappa shape index (κ1) is 15.5. The topological polar surface area (TPSA) is 41.6 Å². The third-order valence-corrected chi connectivity index (χ3v) is 4.94. The zero-order valence-corrected chi connectivity index (χ0v) is 13.6. The highest BCUT2D eigenvalue weighted by Gasteiger charge is 2.32. The van der Waals surface area contributed by atoms with Crippen LogP contribution in [0, 0.1) is 0 Å². The van der Waals surface area contributed by atoms with Crippen molar-refractivity contribution in [3.8, 4) is 0 Å². The predicted octanol–water partition coefficient (Wildman–Crippen LogP) is 2.29. The third kappa shape index (κ3) is 3.68. The molecule has 0 unspecified atom stereocenters. The summed E-state index contributed by atoms with van der Waals surface area (Å²) in [6.07, 6.45) is 1.83. The summed E-state index contributed by atoms with van der Waals surface area (Å²) in [5, 5.41) is 3.32. The molecule has 120 valence electrons. The first-order valence-electron chi connectivity index (χ1n) is 8.26. The van der Waals surface area contributed by atoms with Gasteiger partial charge in [-0.25, -0.2) is 0 Å². The van der Waals surface area contributed by atoms with Gasteiger partial charge in [0, 0.05) is 45.6 Å². The zero-order valence-electron chi connectivity index (χ0n) is 13.6. The van der Waals surface area contributed by atoms with Crippen LogP contribution in [0.25, 0.3) is 0 Å². The Morgan fingerprint density at radius 3 is 2.41 bits per heavy atom. The molecule has 2 aliphatic rings. The number of nitrogens with zero attached hydrogens (tertiary/aromatic N) is 1. The first-order valence-corrected chi connectivity index (χ1v) is 8.26. The van der Waals surface area contributed by atoms with Gasteiger partial charge in [-0.3, -0.25) is 9.69 Å². The van der Waals surface area contributed by atoms with Crippen LogP contribution in [0.5, 0.6) is 0 Å². The minimum absolute atomic E-state index is 0.169. The molecular weight excluding hydrogens is 276 g/mol. The van der Waals surface area contributed by atoms with Crippen LogP contribution in [-0.4, -0.2) is 42.6 Å². The monoisotopic (exact) mass is 302 g/mol. The van der Waals surface area contributed by atoms with Gasteiger partial charge >= 0.3 is 5.97 Å². The Morgan fingerprint density at radius 1 is 1.27 bits per heavy atom. The summed E-state index contributed by atoms with van der Waals surface area (Å²) < 4.78 is 5.47. The van der Waals surface area contributed by atoms with E-state index in [0.29, 0.717) is 5.92 Å². The van der Waals surface area contributed by atoms with Gasteiger partial charge in [0.05, 0.1) is 0 Å². The summed E-state index contributed by atoms with van der Waals surface area (Å²) in [6, 6.07) is 9.06. The average molecular weight is 302 g/mol. The highest BCUT2D eigenvalue weighted by Crippen LogP contribution is 2.27. The van der Waals surface area contributed by atoms with Gasteiger partial charge in [0.1, 0.15) is 5.60 Å². The van der Waals surface area contributed by atoms with E-state index in [4.69, 9.17) is 4.74 Å². The molecule has 1 aromatic rings. The number of piperidine rings is 1. The molecule has 1 aromatic carbocycles. The van der Waals surface area contributed by atoms with Crippen LogP contribution in [0.1, 0.15) is 43.7 Å². The van der Waals surface area contributed by atoms with Crippen LogP contribution < -0.4 is 5.32 Å². The van der Waals surface area contributed by atoms with E-state index in [1.165, 1.54) is 18.1 Å². The number of likely N-dealkylation sites (tertiary alicyclic amines) is 1. The fourth-order valence-electron chi connectivity index (χ4n) is 3.31. The maximum Gasteiger partial charge on any atom is 0.303 e. The number of esters is 1. The summed E-state index contributed by atoms with van der Waals surface area (Å²) in [7, 11) is 0. The Hall–Kier alpha value is -1.39. The second kappa shape index (κ2) is 6.39. The molecule has 0 atom stereocenters. The SMILES string of the molecule is CC(=O)OC1(C)CCN(Cc2ccc(C3CNC3)cc2)CC1. The number of ether oxygens (including phenoxy) is 1. The molecule has 0 saturated carbocycles. The Morgan fingerprint density at radius 2 is 1.91 bits per heavy atom. The van der Waals surface area contributed by atoms with Crippen molar-refractivity contribution in [1.29, 1.82) is 0 Å². The number of benzene rings is 1. The molecule has 0 spiro atoms. The first-order chi connectivity index (χ1) is 10.5. The minimum Gasteiger partial charge on any atom is -0.459 e. The molecule has 0 radical (unpaired) electrons. The van der Waals surface area contributed by atoms with Gasteiger partial charge in [0.15, 0.2) is 0 Å². The van der Waals surface area contributed by atoms with E-state index in [9.17, 15) is 4.79 Å². The largest absolute Gasteiger partial charge is 0.459 e. The summed E-state index contributed by atoms with van der Waals surface area (Å²) >= 11 is 0. The molecule has 4 nitrogen and oxygen atoms in total. The second-order valence-electron chi connectivity index (χ2n) is 6.92. The maximum atomic E-state index is 11.2. The zero-order chi connectivity index (χ0) is 15.6. The van der Waals surface area contributed by atoms with Crippen LogP contribution >= 0.6 is 0 Å². The molecule has 4 heteroatoms. The lowest BCUT2D eigenvalue weighted by molar-refractivity contribution is -0.159. The fraction of sp³-hybridized carbons (Fsp3) is 0.611. The van der Waals surface area contributed by atoms with Crippen molar-refractivity contribution in [2.75, 3.05) is 26.2 Å². The lowest BCUT2D eigenvalue weighted by Gasteiger charge is -2.38. The van der Waals surface area contributed by atoms with Gasteiger partial charge < -0.3 is 10.1 Å². The van der Waals surface area contributed by atoms with Gasteiger partial charge in [-0.05, 0) is 30.9 Å². The molecule has 0 amide bonds. The van der Waals surface area contributed by atoms with Crippen molar-refractivity contribution < 1.29 is 9.53 Å². The van der Waals surface area contributed by atoms with Gasteiger partial charge in [-0.15, -0.1) is 0 Å². The molecular formula is C18H26N2O2. The molecule has 2 heterocycles. The van der Waals surface area contributed by atoms with E-state index in [1.807, 2.05) is 6.92 Å². The van der Waals surface area contributed by atoms with E-state index in [0.717, 1.165) is 45.6 Å². The summed E-state index contributed by atoms with van der Waals surface area (Å²) in [4.78, 5) is 13.6. The van der Waals surface area contributed by atoms with Crippen molar-refractivity contribution in [2.45, 2.75) is 44.8 Å². The van der Waals surface area contributed by atoms with Crippen LogP contribution in [-0.2, 0) is 16.1 Å². The van der Waals surface area contributed by atoms with Gasteiger partial charge in [-0.2, -0.15) is 0 Å². The van der Waals surface area contributed by atoms with Crippen LogP contribution in [0.2, 0.25) is 0 Å². The molecule has 2 aliphatic heterocycles. The Kier molecular flexibility index (Phi) is 4.50. The van der Waals surface area contributed by atoms with Gasteiger partial charge in [-0.1, -0.05) is 24.3 Å². The molecule has 2 fully saturated rings. The summed E-state index contributed by atoms with van der Waals surface area (Å²) in [6.45, 7) is 8.72. The maximum absolute atomic E-state index is 11.2. The molecule has 0 aromatic heterocycles.